The first-order valence-electron chi connectivity index (χ1n) is 23.6. The van der Waals surface area contributed by atoms with Crippen molar-refractivity contribution in [2.24, 2.45) is 0 Å². The summed E-state index contributed by atoms with van der Waals surface area (Å²) in [6, 6.07) is 15.3. The zero-order valence-electron chi connectivity index (χ0n) is 51.2. The number of hydrogen-bond donors (Lipinski definition) is 4. The van der Waals surface area contributed by atoms with Crippen LogP contribution in [0.25, 0.3) is 5.57 Å². The molecule has 21 nitrogen and oxygen atoms in total. The van der Waals surface area contributed by atoms with Crippen LogP contribution in [0.5, 0.6) is 57.5 Å². The number of ether oxygens (including phenoxy) is 11. The summed E-state index contributed by atoms with van der Waals surface area (Å²) in [7, 11) is 12.5. The molecule has 0 aliphatic rings. The number of aromatic hydroxyl groups is 2. The minimum atomic E-state index is -3.67. The van der Waals surface area contributed by atoms with Crippen molar-refractivity contribution in [3.05, 3.63) is 134 Å². The maximum absolute atomic E-state index is 11.6. The second kappa shape index (κ2) is 46.5. The summed E-state index contributed by atoms with van der Waals surface area (Å²) < 4.78 is 85.1. The Morgan fingerprint density at radius 1 is 0.453 bits per heavy atom. The minimum absolute atomic E-state index is 0. The molecule has 0 radical (unpaired) electrons. The van der Waals surface area contributed by atoms with Crippen LogP contribution in [0.3, 0.4) is 0 Å². The van der Waals surface area contributed by atoms with E-state index in [1.807, 2.05) is 34.6 Å². The van der Waals surface area contributed by atoms with E-state index in [9.17, 15) is 36.9 Å². The van der Waals surface area contributed by atoms with Crippen molar-refractivity contribution in [3.63, 3.8) is 0 Å². The van der Waals surface area contributed by atoms with E-state index in [4.69, 9.17) is 67.8 Å². The molecule has 5 aromatic rings. The molecular weight excluding hydrogens is 1310 g/mol. The number of rotatable bonds is 16. The van der Waals surface area contributed by atoms with Crippen molar-refractivity contribution in [2.45, 2.75) is 46.5 Å². The van der Waals surface area contributed by atoms with Gasteiger partial charge in [0.2, 0.25) is 0 Å². The Labute approximate surface area is 580 Å². The van der Waals surface area contributed by atoms with Gasteiger partial charge in [-0.15, -0.1) is 0 Å². The minimum Gasteiger partial charge on any atom is -0.870 e. The van der Waals surface area contributed by atoms with Gasteiger partial charge >= 0.3 is 118 Å². The van der Waals surface area contributed by atoms with Gasteiger partial charge < -0.3 is 84.6 Å². The van der Waals surface area contributed by atoms with E-state index in [1.54, 1.807) is 69.9 Å². The molecule has 0 aromatic heterocycles. The Kier molecular flexibility index (Phi) is 48.2. The summed E-state index contributed by atoms with van der Waals surface area (Å²) in [5.74, 6) is 0.414. The van der Waals surface area contributed by atoms with Gasteiger partial charge in [0.15, 0.2) is 0 Å². The zero-order valence-corrected chi connectivity index (χ0v) is 59.5. The molecule has 29 heteroatoms. The van der Waals surface area contributed by atoms with Crippen molar-refractivity contribution in [1.29, 1.82) is 0 Å². The van der Waals surface area contributed by atoms with Gasteiger partial charge in [-0.25, -0.2) is 24.0 Å². The van der Waals surface area contributed by atoms with Crippen LogP contribution in [0.1, 0.15) is 115 Å². The fourth-order valence-electron chi connectivity index (χ4n) is 6.54. The summed E-state index contributed by atoms with van der Waals surface area (Å²) in [4.78, 5) is 56.1. The number of methoxy groups -OCH3 is 11. The third kappa shape index (κ3) is 28.4. The SMILES string of the molecule is C=C(C)c1cc(C(=O)OC)c(OC)cc1OC.COC(=O)c1cc(Br)c(OC)cc1OC.COC(=O)c1cc(C(C)C)c(OC)cc1OC.COc1cc(OC)c(C(C)C)cc1C(=O)O.FB(F)F.O=C(O)c1cc(Br)c(O)cc1O.[CH-]=C.[K+].[Na+].[OH-]. The molecule has 86 heavy (non-hydrogen) atoms. The topological polar surface area (TPSA) is 298 Å². The van der Waals surface area contributed by atoms with Gasteiger partial charge in [-0.3, -0.25) is 19.5 Å². The first-order valence-corrected chi connectivity index (χ1v) is 25.2. The standard InChI is InChI=1S/C13H18O4.C13H16O4.C12H16O4.C10H11BrO4.C7H5BrO4.C2H3.BF3.K.Na.H2O/c2*1-8(2)9-6-10(13(14)17-5)12(16-4)7-11(9)15-3;1-7(2)8-5-9(12(13)14)11(16-4)6-10(8)15-3;1-13-8-5-9(14-2)7(11)4-6(8)10(12)15-3;8-4-1-3(7(11)12)5(9)2-6(4)10;1-2;2-1(3)4;;;/h6-8H,1-5H3;6-7H,1H2,2-5H3;5-7H,1-4H3,(H,13,14);4-5H,1-3H3;1-2,9-10H,(H,11,12);1H,2H2;;;;1H2/q;;;;;-1;;2*+1;/p-1. The third-order valence-electron chi connectivity index (χ3n) is 10.5. The normalized spacial score (nSPS) is 9.24. The number of esters is 3. The van der Waals surface area contributed by atoms with E-state index in [0.29, 0.717) is 67.2 Å². The fourth-order valence-corrected chi connectivity index (χ4v) is 7.39. The van der Waals surface area contributed by atoms with Crippen LogP contribution in [0.2, 0.25) is 0 Å². The smallest absolute Gasteiger partial charge is 0.870 e. The molecule has 0 aliphatic heterocycles. The molecule has 5 rings (SSSR count). The van der Waals surface area contributed by atoms with Gasteiger partial charge in [0.1, 0.15) is 85.3 Å². The molecular formula is C57H70BBr2F3KNaO21. The number of allylic oxidation sites excluding steroid dienone is 1. The number of phenols is 2. The molecule has 0 spiro atoms. The molecule has 5 N–H and O–H groups in total. The monoisotopic (exact) mass is 1380 g/mol. The number of carbonyl (C=O) groups is 5. The van der Waals surface area contributed by atoms with Gasteiger partial charge in [-0.05, 0) is 97.7 Å². The average molecular weight is 1380 g/mol. The van der Waals surface area contributed by atoms with E-state index in [2.05, 4.69) is 56.3 Å². The van der Waals surface area contributed by atoms with Crippen molar-refractivity contribution in [1.82, 2.24) is 0 Å². The Bertz CT molecular complexity index is 2970. The molecule has 0 saturated heterocycles. The Morgan fingerprint density at radius 2 is 0.721 bits per heavy atom. The molecule has 0 saturated carbocycles. The number of hydrogen-bond acceptors (Lipinski definition) is 19. The fraction of sp³-hybridized carbons (Fsp3) is 0.316. The molecule has 0 aliphatic carbocycles. The Balaban J connectivity index is -0.000000309. The van der Waals surface area contributed by atoms with Gasteiger partial charge in [-0.2, -0.15) is 0 Å². The van der Waals surface area contributed by atoms with Crippen molar-refractivity contribution in [3.8, 4) is 57.5 Å². The third-order valence-corrected chi connectivity index (χ3v) is 11.8. The van der Waals surface area contributed by atoms with Crippen LogP contribution in [-0.4, -0.2) is 142 Å². The zero-order chi connectivity index (χ0) is 64.6. The Morgan fingerprint density at radius 3 is 1.02 bits per heavy atom. The van der Waals surface area contributed by atoms with E-state index < -0.39 is 43.1 Å². The van der Waals surface area contributed by atoms with Gasteiger partial charge in [0.05, 0.1) is 87.2 Å². The van der Waals surface area contributed by atoms with E-state index in [-0.39, 0.29) is 120 Å². The summed E-state index contributed by atoms with van der Waals surface area (Å²) in [6.07, 6.45) is 0. The quantitative estimate of drug-likeness (QED) is 0.0342. The van der Waals surface area contributed by atoms with E-state index >= 15 is 0 Å². The second-order valence-electron chi connectivity index (χ2n) is 16.3. The Hall–Kier alpha value is -5.66. The number of halogens is 5. The van der Waals surface area contributed by atoms with Crippen molar-refractivity contribution < 1.29 is 196 Å². The number of aromatic carboxylic acids is 2. The van der Waals surface area contributed by atoms with Crippen LogP contribution >= 0.6 is 31.9 Å². The largest absolute Gasteiger partial charge is 1.00 e. The second-order valence-corrected chi connectivity index (χ2v) is 18.0. The molecule has 0 amide bonds. The van der Waals surface area contributed by atoms with Crippen LogP contribution in [-0.2, 0) is 14.2 Å². The van der Waals surface area contributed by atoms with Crippen molar-refractivity contribution >= 4 is 74.8 Å². The number of carbonyl (C=O) groups excluding carboxylic acids is 3. The van der Waals surface area contributed by atoms with Gasteiger partial charge in [0.25, 0.3) is 0 Å². The molecule has 0 bridgehead atoms. The molecule has 0 atom stereocenters. The molecule has 5 aromatic carbocycles. The first-order chi connectivity index (χ1) is 39.0. The number of benzene rings is 5. The predicted octanol–water partition coefficient (Wildman–Crippen LogP) is 6.79. The van der Waals surface area contributed by atoms with E-state index in [1.165, 1.54) is 56.9 Å². The molecule has 0 heterocycles. The number of carboxylic acids is 2. The van der Waals surface area contributed by atoms with Gasteiger partial charge in [0, 0.05) is 35.9 Å². The van der Waals surface area contributed by atoms with Crippen LogP contribution in [0.15, 0.2) is 82.8 Å². The van der Waals surface area contributed by atoms with E-state index in [0.717, 1.165) is 34.4 Å². The average Bonchev–Trinajstić information content (AvgIpc) is 3.51. The van der Waals surface area contributed by atoms with Gasteiger partial charge in [-0.1, -0.05) is 34.3 Å². The van der Waals surface area contributed by atoms with Crippen LogP contribution in [0.4, 0.5) is 12.9 Å². The maximum Gasteiger partial charge on any atom is 1.00 e. The first kappa shape index (κ1) is 89.1. The summed E-state index contributed by atoms with van der Waals surface area (Å²) in [5, 5.41) is 35.6. The molecule has 0 fully saturated rings. The summed E-state index contributed by atoms with van der Waals surface area (Å²) >= 11 is 6.20. The number of carboxylic acid groups (broad SMARTS) is 2. The van der Waals surface area contributed by atoms with Crippen LogP contribution in [0, 0.1) is 6.58 Å². The predicted molar refractivity (Wildman–Crippen MR) is 315 cm³/mol. The maximum atomic E-state index is 11.6. The number of phenolic OH excluding ortho intramolecular Hbond substituents is 1. The molecule has 464 valence electrons. The summed E-state index contributed by atoms with van der Waals surface area (Å²) in [5.41, 5.74) is 4.41. The molecule has 0 unspecified atom stereocenters. The summed E-state index contributed by atoms with van der Waals surface area (Å²) in [6.45, 7) is 20.7. The van der Waals surface area contributed by atoms with Crippen molar-refractivity contribution in [2.75, 3.05) is 78.2 Å². The van der Waals surface area contributed by atoms with Crippen LogP contribution < -0.4 is 119 Å².